The summed E-state index contributed by atoms with van der Waals surface area (Å²) in [6.45, 7) is 5.65. The molecule has 0 bridgehead atoms. The van der Waals surface area contributed by atoms with Gasteiger partial charge in [-0.3, -0.25) is 9.59 Å². The average molecular weight is 278 g/mol. The number of carbonyl (C=O) groups is 2. The first-order chi connectivity index (χ1) is 9.63. The molecule has 1 amide bonds. The van der Waals surface area contributed by atoms with Crippen LogP contribution >= 0.6 is 0 Å². The Morgan fingerprint density at radius 1 is 1.50 bits per heavy atom. The number of hydrogen-bond donors (Lipinski definition) is 0. The molecule has 0 radical (unpaired) electrons. The van der Waals surface area contributed by atoms with Crippen molar-refractivity contribution in [2.75, 3.05) is 26.8 Å². The highest BCUT2D eigenvalue weighted by Crippen LogP contribution is 2.16. The van der Waals surface area contributed by atoms with Crippen molar-refractivity contribution in [2.45, 2.75) is 6.92 Å². The largest absolute Gasteiger partial charge is 0.480 e. The van der Waals surface area contributed by atoms with Crippen LogP contribution in [0.5, 0.6) is 5.88 Å². The third kappa shape index (κ3) is 4.08. The zero-order valence-electron chi connectivity index (χ0n) is 11.7. The van der Waals surface area contributed by atoms with Crippen molar-refractivity contribution in [1.29, 1.82) is 0 Å². The van der Waals surface area contributed by atoms with Gasteiger partial charge in [0, 0.05) is 12.7 Å². The van der Waals surface area contributed by atoms with Gasteiger partial charge < -0.3 is 14.4 Å². The van der Waals surface area contributed by atoms with Crippen molar-refractivity contribution >= 4 is 11.9 Å². The van der Waals surface area contributed by atoms with Crippen molar-refractivity contribution in [3.8, 4) is 5.88 Å². The number of nitrogens with zero attached hydrogens (tertiary/aromatic N) is 2. The molecule has 1 heterocycles. The second-order valence-corrected chi connectivity index (χ2v) is 3.84. The molecule has 0 aromatic carbocycles. The molecule has 0 aliphatic rings. The van der Waals surface area contributed by atoms with E-state index in [1.54, 1.807) is 25.1 Å². The van der Waals surface area contributed by atoms with Gasteiger partial charge in [-0.2, -0.15) is 0 Å². The van der Waals surface area contributed by atoms with Crippen LogP contribution in [0.4, 0.5) is 0 Å². The van der Waals surface area contributed by atoms with E-state index in [1.165, 1.54) is 18.2 Å². The summed E-state index contributed by atoms with van der Waals surface area (Å²) in [5.41, 5.74) is 0.293. The average Bonchev–Trinajstić information content (AvgIpc) is 2.46. The van der Waals surface area contributed by atoms with Gasteiger partial charge in [-0.05, 0) is 19.1 Å². The molecule has 0 aliphatic carbocycles. The molecule has 0 atom stereocenters. The van der Waals surface area contributed by atoms with Crippen LogP contribution in [-0.2, 0) is 9.53 Å². The van der Waals surface area contributed by atoms with Gasteiger partial charge in [0.05, 0.1) is 13.7 Å². The van der Waals surface area contributed by atoms with Crippen LogP contribution in [0.3, 0.4) is 0 Å². The van der Waals surface area contributed by atoms with Crippen LogP contribution < -0.4 is 4.74 Å². The number of amides is 1. The number of methoxy groups -OCH3 is 1. The lowest BCUT2D eigenvalue weighted by Gasteiger charge is -2.20. The minimum Gasteiger partial charge on any atom is -0.480 e. The first kappa shape index (κ1) is 15.7. The SMILES string of the molecule is C=CCN(CC(=O)OCC)C(=O)c1cccnc1OC. The quantitative estimate of drug-likeness (QED) is 0.555. The molecule has 0 spiro atoms. The third-order valence-corrected chi connectivity index (χ3v) is 2.46. The number of ether oxygens (including phenoxy) is 2. The molecule has 108 valence electrons. The summed E-state index contributed by atoms with van der Waals surface area (Å²) >= 11 is 0. The summed E-state index contributed by atoms with van der Waals surface area (Å²) in [4.78, 5) is 29.2. The molecule has 0 unspecified atom stereocenters. The van der Waals surface area contributed by atoms with Gasteiger partial charge in [0.1, 0.15) is 12.1 Å². The lowest BCUT2D eigenvalue weighted by atomic mass is 10.2. The second-order valence-electron chi connectivity index (χ2n) is 3.84. The second kappa shape index (κ2) is 7.93. The van der Waals surface area contributed by atoms with E-state index >= 15 is 0 Å². The predicted octanol–water partition coefficient (Wildman–Crippen LogP) is 1.28. The number of esters is 1. The van der Waals surface area contributed by atoms with Crippen molar-refractivity contribution in [2.24, 2.45) is 0 Å². The van der Waals surface area contributed by atoms with Crippen LogP contribution in [0.15, 0.2) is 31.0 Å². The number of hydrogen-bond acceptors (Lipinski definition) is 5. The first-order valence-corrected chi connectivity index (χ1v) is 6.18. The fourth-order valence-electron chi connectivity index (χ4n) is 1.62. The van der Waals surface area contributed by atoms with Crippen molar-refractivity contribution in [3.63, 3.8) is 0 Å². The van der Waals surface area contributed by atoms with Crippen LogP contribution in [0, 0.1) is 0 Å². The third-order valence-electron chi connectivity index (χ3n) is 2.46. The molecule has 1 aromatic heterocycles. The molecule has 6 nitrogen and oxygen atoms in total. The molecule has 0 saturated carbocycles. The van der Waals surface area contributed by atoms with Gasteiger partial charge in [0.25, 0.3) is 5.91 Å². The summed E-state index contributed by atoms with van der Waals surface area (Å²) in [5, 5.41) is 0. The van der Waals surface area contributed by atoms with E-state index in [9.17, 15) is 9.59 Å². The van der Waals surface area contributed by atoms with E-state index in [4.69, 9.17) is 9.47 Å². The highest BCUT2D eigenvalue weighted by atomic mass is 16.5. The van der Waals surface area contributed by atoms with Gasteiger partial charge in [0.2, 0.25) is 5.88 Å². The lowest BCUT2D eigenvalue weighted by Crippen LogP contribution is -2.36. The van der Waals surface area contributed by atoms with E-state index in [1.807, 2.05) is 0 Å². The Morgan fingerprint density at radius 3 is 2.85 bits per heavy atom. The predicted molar refractivity (Wildman–Crippen MR) is 73.5 cm³/mol. The normalized spacial score (nSPS) is 9.70. The zero-order chi connectivity index (χ0) is 15.0. The van der Waals surface area contributed by atoms with E-state index in [0.29, 0.717) is 5.56 Å². The number of aromatic nitrogens is 1. The van der Waals surface area contributed by atoms with E-state index < -0.39 is 5.97 Å². The zero-order valence-corrected chi connectivity index (χ0v) is 11.7. The van der Waals surface area contributed by atoms with Gasteiger partial charge in [-0.15, -0.1) is 6.58 Å². The molecule has 0 fully saturated rings. The molecule has 0 saturated heterocycles. The smallest absolute Gasteiger partial charge is 0.325 e. The summed E-state index contributed by atoms with van der Waals surface area (Å²) in [6.07, 6.45) is 3.07. The number of pyridine rings is 1. The van der Waals surface area contributed by atoms with Crippen LogP contribution in [0.1, 0.15) is 17.3 Å². The number of carbonyl (C=O) groups excluding carboxylic acids is 2. The standard InChI is InChI=1S/C14H18N2O4/c1-4-9-16(10-12(17)20-5-2)14(18)11-7-6-8-15-13(11)19-3/h4,6-8H,1,5,9-10H2,2-3H3. The van der Waals surface area contributed by atoms with Gasteiger partial charge >= 0.3 is 5.97 Å². The molecule has 1 rings (SSSR count). The molecule has 20 heavy (non-hydrogen) atoms. The molecule has 0 aliphatic heterocycles. The van der Waals surface area contributed by atoms with Gasteiger partial charge in [-0.1, -0.05) is 6.08 Å². The molecule has 0 N–H and O–H groups in total. The highest BCUT2D eigenvalue weighted by molar-refractivity contribution is 5.98. The molecular formula is C14H18N2O4. The number of rotatable bonds is 7. The molecular weight excluding hydrogens is 260 g/mol. The van der Waals surface area contributed by atoms with Crippen LogP contribution in [-0.4, -0.2) is 48.6 Å². The minimum absolute atomic E-state index is 0.142. The maximum atomic E-state index is 12.4. The highest BCUT2D eigenvalue weighted by Gasteiger charge is 2.21. The Balaban J connectivity index is 2.93. The van der Waals surface area contributed by atoms with Crippen LogP contribution in [0.2, 0.25) is 0 Å². The summed E-state index contributed by atoms with van der Waals surface area (Å²) in [6, 6.07) is 3.22. The maximum Gasteiger partial charge on any atom is 0.325 e. The monoisotopic (exact) mass is 278 g/mol. The summed E-state index contributed by atoms with van der Waals surface area (Å²) in [7, 11) is 1.43. The Hall–Kier alpha value is -2.37. The van der Waals surface area contributed by atoms with Crippen molar-refractivity contribution in [1.82, 2.24) is 9.88 Å². The van der Waals surface area contributed by atoms with E-state index in [-0.39, 0.29) is 31.5 Å². The first-order valence-electron chi connectivity index (χ1n) is 6.18. The molecule has 6 heteroatoms. The van der Waals surface area contributed by atoms with Crippen molar-refractivity contribution in [3.05, 3.63) is 36.5 Å². The van der Waals surface area contributed by atoms with Crippen molar-refractivity contribution < 1.29 is 19.1 Å². The fraction of sp³-hybridized carbons (Fsp3) is 0.357. The molecule has 1 aromatic rings. The van der Waals surface area contributed by atoms with E-state index in [2.05, 4.69) is 11.6 Å². The fourth-order valence-corrected chi connectivity index (χ4v) is 1.62. The Labute approximate surface area is 118 Å². The maximum absolute atomic E-state index is 12.4. The van der Waals surface area contributed by atoms with Gasteiger partial charge in [-0.25, -0.2) is 4.98 Å². The topological polar surface area (TPSA) is 68.7 Å². The van der Waals surface area contributed by atoms with E-state index in [0.717, 1.165) is 0 Å². The Kier molecular flexibility index (Phi) is 6.22. The van der Waals surface area contributed by atoms with Crippen LogP contribution in [0.25, 0.3) is 0 Å². The summed E-state index contributed by atoms with van der Waals surface area (Å²) < 4.78 is 9.89. The Morgan fingerprint density at radius 2 is 2.25 bits per heavy atom. The lowest BCUT2D eigenvalue weighted by molar-refractivity contribution is -0.143. The Bertz CT molecular complexity index is 488. The minimum atomic E-state index is -0.467. The van der Waals surface area contributed by atoms with Gasteiger partial charge in [0.15, 0.2) is 0 Å². The summed E-state index contributed by atoms with van der Waals surface area (Å²) in [5.74, 6) is -0.608.